The van der Waals surface area contributed by atoms with Crippen LogP contribution in [0.1, 0.15) is 38.9 Å². The third kappa shape index (κ3) is 4.63. The summed E-state index contributed by atoms with van der Waals surface area (Å²) in [6.45, 7) is 7.75. The summed E-state index contributed by atoms with van der Waals surface area (Å²) in [5.74, 6) is 0.804. The van der Waals surface area contributed by atoms with E-state index < -0.39 is 0 Å². The van der Waals surface area contributed by atoms with Gasteiger partial charge in [0, 0.05) is 6.20 Å². The van der Waals surface area contributed by atoms with Crippen LogP contribution in [0, 0.1) is 0 Å². The van der Waals surface area contributed by atoms with Crippen molar-refractivity contribution in [2.45, 2.75) is 39.3 Å². The Kier molecular flexibility index (Phi) is 6.68. The summed E-state index contributed by atoms with van der Waals surface area (Å²) >= 11 is 0. The lowest BCUT2D eigenvalue weighted by molar-refractivity contribution is 0.0598. The summed E-state index contributed by atoms with van der Waals surface area (Å²) in [5.41, 5.74) is 0.911. The summed E-state index contributed by atoms with van der Waals surface area (Å²) in [4.78, 5) is 4.41. The maximum Gasteiger partial charge on any atom is 0.142 e. The number of rotatable bonds is 8. The molecule has 102 valence electrons. The first-order valence-electron chi connectivity index (χ1n) is 6.52. The van der Waals surface area contributed by atoms with Crippen molar-refractivity contribution in [1.29, 1.82) is 0 Å². The Labute approximate surface area is 110 Å². The van der Waals surface area contributed by atoms with Crippen LogP contribution in [0.3, 0.4) is 0 Å². The van der Waals surface area contributed by atoms with Crippen molar-refractivity contribution in [3.8, 4) is 5.75 Å². The second-order valence-electron chi connectivity index (χ2n) is 4.48. The maximum absolute atomic E-state index is 5.70. The number of hydrogen-bond donors (Lipinski definition) is 1. The van der Waals surface area contributed by atoms with Crippen LogP contribution >= 0.6 is 0 Å². The molecule has 18 heavy (non-hydrogen) atoms. The molecule has 0 saturated heterocycles. The Morgan fingerprint density at radius 3 is 2.78 bits per heavy atom. The molecule has 1 rings (SSSR count). The molecule has 0 bridgehead atoms. The van der Waals surface area contributed by atoms with E-state index in [9.17, 15) is 0 Å². The van der Waals surface area contributed by atoms with Gasteiger partial charge in [0.2, 0.25) is 0 Å². The molecule has 4 nitrogen and oxygen atoms in total. The van der Waals surface area contributed by atoms with E-state index >= 15 is 0 Å². The molecule has 0 fully saturated rings. The Hall–Kier alpha value is -1.13. The summed E-state index contributed by atoms with van der Waals surface area (Å²) < 4.78 is 11.1. The van der Waals surface area contributed by atoms with Gasteiger partial charge in [0.25, 0.3) is 0 Å². The van der Waals surface area contributed by atoms with Gasteiger partial charge >= 0.3 is 0 Å². The topological polar surface area (TPSA) is 43.4 Å². The van der Waals surface area contributed by atoms with Crippen molar-refractivity contribution >= 4 is 0 Å². The van der Waals surface area contributed by atoms with Crippen molar-refractivity contribution in [2.75, 3.05) is 20.3 Å². The number of aromatic nitrogens is 1. The van der Waals surface area contributed by atoms with E-state index in [0.29, 0.717) is 6.61 Å². The van der Waals surface area contributed by atoms with Crippen LogP contribution < -0.4 is 10.1 Å². The molecule has 0 aromatic carbocycles. The Morgan fingerprint density at radius 2 is 2.17 bits per heavy atom. The highest BCUT2D eigenvalue weighted by Crippen LogP contribution is 2.22. The van der Waals surface area contributed by atoms with Gasteiger partial charge in [-0.15, -0.1) is 0 Å². The highest BCUT2D eigenvalue weighted by molar-refractivity contribution is 5.29. The summed E-state index contributed by atoms with van der Waals surface area (Å²) in [6, 6.07) is 3.88. The number of methoxy groups -OCH3 is 1. The lowest BCUT2D eigenvalue weighted by Gasteiger charge is -2.21. The SMILES string of the molecule is CCCNC(COC(C)C)c1ncccc1OC. The summed E-state index contributed by atoms with van der Waals surface area (Å²) in [7, 11) is 1.67. The molecule has 1 heterocycles. The molecule has 1 N–H and O–H groups in total. The Bertz CT molecular complexity index is 342. The average Bonchev–Trinajstić information content (AvgIpc) is 2.38. The third-order valence-electron chi connectivity index (χ3n) is 2.59. The molecule has 0 aliphatic carbocycles. The van der Waals surface area contributed by atoms with Gasteiger partial charge in [-0.3, -0.25) is 4.98 Å². The van der Waals surface area contributed by atoms with Crippen molar-refractivity contribution in [3.05, 3.63) is 24.0 Å². The van der Waals surface area contributed by atoms with E-state index in [0.717, 1.165) is 24.4 Å². The molecule has 0 amide bonds. The number of nitrogens with zero attached hydrogens (tertiary/aromatic N) is 1. The molecule has 0 radical (unpaired) electrons. The second-order valence-corrected chi connectivity index (χ2v) is 4.48. The van der Waals surface area contributed by atoms with Crippen LogP contribution in [0.2, 0.25) is 0 Å². The maximum atomic E-state index is 5.70. The second kappa shape index (κ2) is 8.06. The minimum absolute atomic E-state index is 0.0727. The van der Waals surface area contributed by atoms with Gasteiger partial charge in [0.15, 0.2) is 0 Å². The van der Waals surface area contributed by atoms with E-state index in [2.05, 4.69) is 17.2 Å². The molecule has 1 unspecified atom stereocenters. The van der Waals surface area contributed by atoms with Gasteiger partial charge in [-0.2, -0.15) is 0 Å². The molecule has 0 aliphatic rings. The predicted octanol–water partition coefficient (Wildman–Crippen LogP) is 2.56. The normalized spacial score (nSPS) is 12.7. The molecule has 1 aromatic heterocycles. The standard InChI is InChI=1S/C14H24N2O2/c1-5-8-15-12(10-18-11(2)3)14-13(17-4)7-6-9-16-14/h6-7,9,11-12,15H,5,8,10H2,1-4H3. The van der Waals surface area contributed by atoms with Crippen molar-refractivity contribution in [1.82, 2.24) is 10.3 Å². The van der Waals surface area contributed by atoms with Gasteiger partial charge in [0.1, 0.15) is 11.4 Å². The largest absolute Gasteiger partial charge is 0.495 e. The first-order chi connectivity index (χ1) is 8.69. The number of pyridine rings is 1. The van der Waals surface area contributed by atoms with E-state index in [1.165, 1.54) is 0 Å². The van der Waals surface area contributed by atoms with Gasteiger partial charge in [0.05, 0.1) is 25.9 Å². The molecule has 1 aromatic rings. The van der Waals surface area contributed by atoms with Gasteiger partial charge < -0.3 is 14.8 Å². The lowest BCUT2D eigenvalue weighted by atomic mass is 10.1. The first-order valence-corrected chi connectivity index (χ1v) is 6.52. The fraction of sp³-hybridized carbons (Fsp3) is 0.643. The van der Waals surface area contributed by atoms with Gasteiger partial charge in [-0.25, -0.2) is 0 Å². The van der Waals surface area contributed by atoms with Crippen LogP contribution in [-0.2, 0) is 4.74 Å². The molecule has 0 aliphatic heterocycles. The molecule has 0 spiro atoms. The minimum atomic E-state index is 0.0727. The minimum Gasteiger partial charge on any atom is -0.495 e. The Balaban J connectivity index is 2.79. The number of nitrogens with one attached hydrogen (secondary N) is 1. The van der Waals surface area contributed by atoms with Crippen LogP contribution in [0.25, 0.3) is 0 Å². The molecule has 0 saturated carbocycles. The van der Waals surface area contributed by atoms with E-state index in [1.54, 1.807) is 13.3 Å². The summed E-state index contributed by atoms with van der Waals surface area (Å²) in [6.07, 6.45) is 3.08. The first kappa shape index (κ1) is 14.9. The smallest absolute Gasteiger partial charge is 0.142 e. The lowest BCUT2D eigenvalue weighted by Crippen LogP contribution is -2.28. The van der Waals surface area contributed by atoms with E-state index in [1.807, 2.05) is 26.0 Å². The zero-order chi connectivity index (χ0) is 13.4. The van der Waals surface area contributed by atoms with Crippen LogP contribution in [0.4, 0.5) is 0 Å². The number of hydrogen-bond acceptors (Lipinski definition) is 4. The van der Waals surface area contributed by atoms with Gasteiger partial charge in [-0.05, 0) is 38.9 Å². The predicted molar refractivity (Wildman–Crippen MR) is 72.9 cm³/mol. The average molecular weight is 252 g/mol. The fourth-order valence-electron chi connectivity index (χ4n) is 1.68. The van der Waals surface area contributed by atoms with Crippen LogP contribution in [0.15, 0.2) is 18.3 Å². The van der Waals surface area contributed by atoms with E-state index in [4.69, 9.17) is 9.47 Å². The van der Waals surface area contributed by atoms with E-state index in [-0.39, 0.29) is 12.1 Å². The molecular weight excluding hydrogens is 228 g/mol. The quantitative estimate of drug-likeness (QED) is 0.772. The van der Waals surface area contributed by atoms with Gasteiger partial charge in [-0.1, -0.05) is 6.92 Å². The molecule has 4 heteroatoms. The van der Waals surface area contributed by atoms with Crippen molar-refractivity contribution in [2.24, 2.45) is 0 Å². The highest BCUT2D eigenvalue weighted by atomic mass is 16.5. The molecule has 1 atom stereocenters. The van der Waals surface area contributed by atoms with Crippen molar-refractivity contribution < 1.29 is 9.47 Å². The fourth-order valence-corrected chi connectivity index (χ4v) is 1.68. The zero-order valence-electron chi connectivity index (χ0n) is 11.8. The number of ether oxygens (including phenoxy) is 2. The van der Waals surface area contributed by atoms with Crippen LogP contribution in [-0.4, -0.2) is 31.3 Å². The zero-order valence-corrected chi connectivity index (χ0v) is 11.8. The monoisotopic (exact) mass is 252 g/mol. The van der Waals surface area contributed by atoms with Crippen LogP contribution in [0.5, 0.6) is 5.75 Å². The highest BCUT2D eigenvalue weighted by Gasteiger charge is 2.17. The Morgan fingerprint density at radius 1 is 1.39 bits per heavy atom. The third-order valence-corrected chi connectivity index (χ3v) is 2.59. The molecular formula is C14H24N2O2. The van der Waals surface area contributed by atoms with Crippen molar-refractivity contribution in [3.63, 3.8) is 0 Å². The summed E-state index contributed by atoms with van der Waals surface area (Å²) in [5, 5.41) is 3.45.